The van der Waals surface area contributed by atoms with Gasteiger partial charge in [0.2, 0.25) is 17.7 Å². The molecule has 0 bridgehead atoms. The first-order chi connectivity index (χ1) is 11.3. The minimum Gasteiger partial charge on any atom is -0.368 e. The normalized spacial score (nSPS) is 12.9. The molecule has 24 heavy (non-hydrogen) atoms. The van der Waals surface area contributed by atoms with Crippen LogP contribution in [0, 0.1) is 0 Å². The number of nitrogens with two attached hydrogens (primary N) is 1. The molecule has 0 aromatic carbocycles. The Morgan fingerprint density at radius 3 is 2.50 bits per heavy atom. The lowest BCUT2D eigenvalue weighted by Crippen LogP contribution is -2.54. The van der Waals surface area contributed by atoms with Crippen LogP contribution in [0.15, 0.2) is 12.5 Å². The van der Waals surface area contributed by atoms with E-state index in [1.165, 1.54) is 19.4 Å². The minimum atomic E-state index is -0.987. The van der Waals surface area contributed by atoms with Crippen LogP contribution in [0.4, 0.5) is 0 Å². The second-order valence-corrected chi connectivity index (χ2v) is 5.58. The molecule has 0 aliphatic heterocycles. The predicted molar refractivity (Wildman–Crippen MR) is 89.1 cm³/mol. The summed E-state index contributed by atoms with van der Waals surface area (Å²) < 4.78 is 0. The van der Waals surface area contributed by atoms with Gasteiger partial charge in [0.05, 0.1) is 12.1 Å². The number of Topliss-reactive ketones (excluding diaryl/α,β-unsaturated/α-hetero) is 1. The van der Waals surface area contributed by atoms with Gasteiger partial charge in [-0.05, 0) is 13.3 Å². The number of ketones is 1. The predicted octanol–water partition coefficient (Wildman–Crippen LogP) is -1.29. The highest BCUT2D eigenvalue weighted by molar-refractivity contribution is 7.81. The van der Waals surface area contributed by atoms with E-state index in [1.807, 2.05) is 0 Å². The van der Waals surface area contributed by atoms with Crippen molar-refractivity contribution in [3.63, 3.8) is 0 Å². The van der Waals surface area contributed by atoms with Gasteiger partial charge in [-0.25, -0.2) is 4.98 Å². The third-order valence-corrected chi connectivity index (χ3v) is 3.51. The molecule has 9 nitrogen and oxygen atoms in total. The first-order valence-corrected chi connectivity index (χ1v) is 7.93. The van der Waals surface area contributed by atoms with Crippen LogP contribution in [0.2, 0.25) is 0 Å². The van der Waals surface area contributed by atoms with E-state index < -0.39 is 29.8 Å². The molecule has 0 saturated heterocycles. The number of carbonyl (C=O) groups is 4. The van der Waals surface area contributed by atoms with Gasteiger partial charge in [-0.1, -0.05) is 0 Å². The third kappa shape index (κ3) is 6.82. The van der Waals surface area contributed by atoms with Gasteiger partial charge in [0.15, 0.2) is 0 Å². The molecule has 3 amide bonds. The monoisotopic (exact) mass is 355 g/mol. The Kier molecular flexibility index (Phi) is 7.96. The van der Waals surface area contributed by atoms with Crippen LogP contribution in [-0.4, -0.2) is 51.3 Å². The Bertz CT molecular complexity index is 590. The molecule has 10 heteroatoms. The molecule has 2 atom stereocenters. The van der Waals surface area contributed by atoms with Crippen LogP contribution in [0.3, 0.4) is 0 Å². The first kappa shape index (κ1) is 19.7. The maximum absolute atomic E-state index is 12.4. The highest BCUT2D eigenvalue weighted by atomic mass is 32.1. The van der Waals surface area contributed by atoms with E-state index in [0.717, 1.165) is 0 Å². The maximum atomic E-state index is 12.4. The second-order valence-electron chi connectivity index (χ2n) is 5.26. The SMILES string of the molecule is CC(=O)CC[C@H](NC(=O)[C@H](Cc1cnc[nH]1)NC(=O)CS)C(N)=O. The van der Waals surface area contributed by atoms with Crippen LogP contribution in [0.5, 0.6) is 0 Å². The van der Waals surface area contributed by atoms with Gasteiger partial charge < -0.3 is 26.1 Å². The first-order valence-electron chi connectivity index (χ1n) is 7.30. The Morgan fingerprint density at radius 1 is 1.29 bits per heavy atom. The molecule has 0 spiro atoms. The van der Waals surface area contributed by atoms with Crippen molar-refractivity contribution in [3.05, 3.63) is 18.2 Å². The summed E-state index contributed by atoms with van der Waals surface area (Å²) >= 11 is 3.86. The topological polar surface area (TPSA) is 147 Å². The van der Waals surface area contributed by atoms with Crippen LogP contribution in [-0.2, 0) is 25.6 Å². The van der Waals surface area contributed by atoms with Crippen LogP contribution >= 0.6 is 12.6 Å². The third-order valence-electron chi connectivity index (χ3n) is 3.22. The van der Waals surface area contributed by atoms with Crippen molar-refractivity contribution in [2.75, 3.05) is 5.75 Å². The number of nitrogens with one attached hydrogen (secondary N) is 3. The van der Waals surface area contributed by atoms with Crippen molar-refractivity contribution in [2.45, 2.75) is 38.3 Å². The summed E-state index contributed by atoms with van der Waals surface area (Å²) in [5.41, 5.74) is 5.89. The molecule has 0 unspecified atom stereocenters. The van der Waals surface area contributed by atoms with Crippen molar-refractivity contribution in [1.29, 1.82) is 0 Å². The van der Waals surface area contributed by atoms with Crippen molar-refractivity contribution < 1.29 is 19.2 Å². The van der Waals surface area contributed by atoms with E-state index in [0.29, 0.717) is 5.69 Å². The number of rotatable bonds is 10. The molecule has 132 valence electrons. The van der Waals surface area contributed by atoms with E-state index in [9.17, 15) is 19.2 Å². The van der Waals surface area contributed by atoms with Gasteiger partial charge in [0, 0.05) is 24.7 Å². The van der Waals surface area contributed by atoms with Crippen molar-refractivity contribution in [3.8, 4) is 0 Å². The number of thiol groups is 1. The Hall–Kier alpha value is -2.36. The van der Waals surface area contributed by atoms with Crippen LogP contribution in [0.25, 0.3) is 0 Å². The zero-order chi connectivity index (χ0) is 18.1. The zero-order valence-electron chi connectivity index (χ0n) is 13.2. The summed E-state index contributed by atoms with van der Waals surface area (Å²) in [4.78, 5) is 53.1. The molecule has 0 radical (unpaired) electrons. The number of hydrogen-bond acceptors (Lipinski definition) is 6. The Balaban J connectivity index is 2.78. The fourth-order valence-corrected chi connectivity index (χ4v) is 2.06. The fourth-order valence-electron chi connectivity index (χ4n) is 1.97. The fraction of sp³-hybridized carbons (Fsp3) is 0.500. The van der Waals surface area contributed by atoms with Gasteiger partial charge in [-0.15, -0.1) is 0 Å². The van der Waals surface area contributed by atoms with Crippen molar-refractivity contribution in [2.24, 2.45) is 5.73 Å². The van der Waals surface area contributed by atoms with Crippen LogP contribution < -0.4 is 16.4 Å². The van der Waals surface area contributed by atoms with Crippen molar-refractivity contribution in [1.82, 2.24) is 20.6 Å². The van der Waals surface area contributed by atoms with Crippen molar-refractivity contribution >= 4 is 36.1 Å². The molecule has 1 aromatic heterocycles. The molecule has 0 saturated carbocycles. The number of nitrogens with zero attached hydrogens (tertiary/aromatic N) is 1. The molecule has 5 N–H and O–H groups in total. The van der Waals surface area contributed by atoms with E-state index in [4.69, 9.17) is 5.73 Å². The lowest BCUT2D eigenvalue weighted by molar-refractivity contribution is -0.131. The summed E-state index contributed by atoms with van der Waals surface area (Å²) in [6.07, 6.45) is 3.34. The molecule has 0 aliphatic rings. The van der Waals surface area contributed by atoms with E-state index in [-0.39, 0.29) is 30.8 Å². The Morgan fingerprint density at radius 2 is 2.00 bits per heavy atom. The standard InChI is InChI=1S/C14H21N5O4S/c1-8(20)2-3-10(13(15)22)19-14(23)11(18-12(21)6-24)4-9-5-16-7-17-9/h5,7,10-11,24H,2-4,6H2,1H3,(H2,15,22)(H,16,17)(H,18,21)(H,19,23)/t10-,11-/m0/s1. The quantitative estimate of drug-likeness (QED) is 0.331. The molecule has 1 rings (SSSR count). The number of primary amides is 1. The maximum Gasteiger partial charge on any atom is 0.243 e. The average Bonchev–Trinajstić information content (AvgIpc) is 3.02. The van der Waals surface area contributed by atoms with Gasteiger partial charge in [0.25, 0.3) is 0 Å². The van der Waals surface area contributed by atoms with Gasteiger partial charge >= 0.3 is 0 Å². The molecule has 0 fully saturated rings. The number of carbonyl (C=O) groups excluding carboxylic acids is 4. The number of imidazole rings is 1. The molecule has 1 aromatic rings. The van der Waals surface area contributed by atoms with E-state index in [2.05, 4.69) is 33.2 Å². The summed E-state index contributed by atoms with van der Waals surface area (Å²) in [6.45, 7) is 1.38. The number of aromatic nitrogens is 2. The van der Waals surface area contributed by atoms with Gasteiger partial charge in [-0.2, -0.15) is 12.6 Å². The summed E-state index contributed by atoms with van der Waals surface area (Å²) in [6, 6.07) is -1.91. The number of amides is 3. The highest BCUT2D eigenvalue weighted by Crippen LogP contribution is 2.03. The molecular formula is C14H21N5O4S. The number of aromatic amines is 1. The lowest BCUT2D eigenvalue weighted by atomic mass is 10.1. The molecular weight excluding hydrogens is 334 g/mol. The smallest absolute Gasteiger partial charge is 0.243 e. The average molecular weight is 355 g/mol. The largest absolute Gasteiger partial charge is 0.368 e. The molecule has 0 aliphatic carbocycles. The minimum absolute atomic E-state index is 0.0870. The number of H-pyrrole nitrogens is 1. The van der Waals surface area contributed by atoms with Gasteiger partial charge in [0.1, 0.15) is 17.9 Å². The summed E-state index contributed by atoms with van der Waals surface area (Å²) in [5.74, 6) is -1.96. The summed E-state index contributed by atoms with van der Waals surface area (Å²) in [7, 11) is 0. The van der Waals surface area contributed by atoms with Crippen LogP contribution in [0.1, 0.15) is 25.5 Å². The number of hydrogen-bond donors (Lipinski definition) is 5. The summed E-state index contributed by atoms with van der Waals surface area (Å²) in [5, 5.41) is 4.99. The molecule has 1 heterocycles. The zero-order valence-corrected chi connectivity index (χ0v) is 14.1. The van der Waals surface area contributed by atoms with E-state index in [1.54, 1.807) is 0 Å². The second kappa shape index (κ2) is 9.71. The van der Waals surface area contributed by atoms with Gasteiger partial charge in [-0.3, -0.25) is 14.4 Å². The highest BCUT2D eigenvalue weighted by Gasteiger charge is 2.26. The van der Waals surface area contributed by atoms with E-state index >= 15 is 0 Å². The lowest BCUT2D eigenvalue weighted by Gasteiger charge is -2.21. The Labute approximate surface area is 144 Å².